The summed E-state index contributed by atoms with van der Waals surface area (Å²) < 4.78 is 0. The van der Waals surface area contributed by atoms with Crippen molar-refractivity contribution in [1.82, 2.24) is 14.8 Å². The van der Waals surface area contributed by atoms with Crippen LogP contribution in [0.2, 0.25) is 0 Å². The van der Waals surface area contributed by atoms with Crippen LogP contribution in [0.3, 0.4) is 0 Å². The van der Waals surface area contributed by atoms with Gasteiger partial charge in [-0.25, -0.2) is 0 Å². The molecule has 0 radical (unpaired) electrons. The third kappa shape index (κ3) is 5.83. The smallest absolute Gasteiger partial charge is 0.223 e. The summed E-state index contributed by atoms with van der Waals surface area (Å²) in [6, 6.07) is 3.99. The topological polar surface area (TPSA) is 36.4 Å². The second kappa shape index (κ2) is 8.64. The predicted octanol–water partition coefficient (Wildman–Crippen LogP) is 1.81. The van der Waals surface area contributed by atoms with Crippen LogP contribution in [0.25, 0.3) is 0 Å². The standard InChI is InChI=1S/C15H25N3O/c1-4-18(5-2)13-9-15(19)17(3)12-8-14-6-10-16-11-7-14/h6-7,10-11H,4-5,8-9,12-13H2,1-3H3. The maximum absolute atomic E-state index is 12.0. The molecule has 0 aliphatic rings. The number of nitrogens with zero attached hydrogens (tertiary/aromatic N) is 3. The Labute approximate surface area is 116 Å². The zero-order valence-corrected chi connectivity index (χ0v) is 12.3. The molecule has 106 valence electrons. The SMILES string of the molecule is CCN(CC)CCC(=O)N(C)CCc1ccncc1. The molecule has 0 saturated carbocycles. The van der Waals surface area contributed by atoms with E-state index in [1.807, 2.05) is 24.1 Å². The average molecular weight is 263 g/mol. The van der Waals surface area contributed by atoms with Crippen LogP contribution in [-0.2, 0) is 11.2 Å². The molecule has 0 aliphatic carbocycles. The third-order valence-corrected chi connectivity index (χ3v) is 3.45. The van der Waals surface area contributed by atoms with E-state index in [1.165, 1.54) is 5.56 Å². The first-order valence-electron chi connectivity index (χ1n) is 7.02. The fourth-order valence-electron chi connectivity index (χ4n) is 1.96. The molecule has 1 aromatic rings. The van der Waals surface area contributed by atoms with Crippen molar-refractivity contribution in [3.8, 4) is 0 Å². The molecule has 4 heteroatoms. The van der Waals surface area contributed by atoms with Crippen molar-refractivity contribution in [1.29, 1.82) is 0 Å². The second-order valence-corrected chi connectivity index (χ2v) is 4.70. The third-order valence-electron chi connectivity index (χ3n) is 3.45. The molecule has 1 amide bonds. The van der Waals surface area contributed by atoms with E-state index in [1.54, 1.807) is 12.4 Å². The Bertz CT molecular complexity index is 363. The number of carbonyl (C=O) groups excluding carboxylic acids is 1. The second-order valence-electron chi connectivity index (χ2n) is 4.70. The van der Waals surface area contributed by atoms with Crippen molar-refractivity contribution in [2.24, 2.45) is 0 Å². The maximum Gasteiger partial charge on any atom is 0.223 e. The van der Waals surface area contributed by atoms with Gasteiger partial charge in [0.2, 0.25) is 5.91 Å². The van der Waals surface area contributed by atoms with Gasteiger partial charge >= 0.3 is 0 Å². The molecule has 0 unspecified atom stereocenters. The van der Waals surface area contributed by atoms with Gasteiger partial charge < -0.3 is 9.80 Å². The lowest BCUT2D eigenvalue weighted by Crippen LogP contribution is -2.33. The van der Waals surface area contributed by atoms with Crippen LogP contribution < -0.4 is 0 Å². The molecule has 19 heavy (non-hydrogen) atoms. The van der Waals surface area contributed by atoms with Gasteiger partial charge in [0.05, 0.1) is 0 Å². The molecule has 0 bridgehead atoms. The molecule has 0 atom stereocenters. The summed E-state index contributed by atoms with van der Waals surface area (Å²) in [7, 11) is 1.88. The average Bonchev–Trinajstić information content (AvgIpc) is 2.46. The van der Waals surface area contributed by atoms with E-state index in [4.69, 9.17) is 0 Å². The summed E-state index contributed by atoms with van der Waals surface area (Å²) in [5.74, 6) is 0.223. The van der Waals surface area contributed by atoms with Crippen LogP contribution in [0.15, 0.2) is 24.5 Å². The van der Waals surface area contributed by atoms with Gasteiger partial charge in [-0.05, 0) is 37.2 Å². The lowest BCUT2D eigenvalue weighted by Gasteiger charge is -2.21. The van der Waals surface area contributed by atoms with Crippen LogP contribution in [0.1, 0.15) is 25.8 Å². The van der Waals surface area contributed by atoms with Gasteiger partial charge in [-0.15, -0.1) is 0 Å². The van der Waals surface area contributed by atoms with Crippen molar-refractivity contribution in [2.75, 3.05) is 33.2 Å². The van der Waals surface area contributed by atoms with Crippen LogP contribution in [0.4, 0.5) is 0 Å². The fraction of sp³-hybridized carbons (Fsp3) is 0.600. The molecule has 4 nitrogen and oxygen atoms in total. The van der Waals surface area contributed by atoms with E-state index in [-0.39, 0.29) is 5.91 Å². The summed E-state index contributed by atoms with van der Waals surface area (Å²) in [5, 5.41) is 0. The van der Waals surface area contributed by atoms with Crippen molar-refractivity contribution >= 4 is 5.91 Å². The number of carbonyl (C=O) groups is 1. The molecular weight excluding hydrogens is 238 g/mol. The van der Waals surface area contributed by atoms with E-state index in [2.05, 4.69) is 23.7 Å². The Kier molecular flexibility index (Phi) is 7.11. The van der Waals surface area contributed by atoms with Gasteiger partial charge in [-0.1, -0.05) is 13.8 Å². The van der Waals surface area contributed by atoms with E-state index >= 15 is 0 Å². The Hall–Kier alpha value is -1.42. The van der Waals surface area contributed by atoms with Gasteiger partial charge in [0, 0.05) is 39.0 Å². The minimum atomic E-state index is 0.223. The van der Waals surface area contributed by atoms with E-state index in [0.717, 1.165) is 32.6 Å². The van der Waals surface area contributed by atoms with E-state index in [9.17, 15) is 4.79 Å². The van der Waals surface area contributed by atoms with Crippen LogP contribution >= 0.6 is 0 Å². The first kappa shape index (κ1) is 15.6. The lowest BCUT2D eigenvalue weighted by molar-refractivity contribution is -0.130. The highest BCUT2D eigenvalue weighted by molar-refractivity contribution is 5.76. The Morgan fingerprint density at radius 2 is 1.79 bits per heavy atom. The van der Waals surface area contributed by atoms with Crippen molar-refractivity contribution < 1.29 is 4.79 Å². The summed E-state index contributed by atoms with van der Waals surface area (Å²) in [4.78, 5) is 20.1. The number of likely N-dealkylation sites (N-methyl/N-ethyl adjacent to an activating group) is 1. The van der Waals surface area contributed by atoms with Gasteiger partial charge in [0.25, 0.3) is 0 Å². The molecule has 1 aromatic heterocycles. The molecule has 0 aliphatic heterocycles. The first-order chi connectivity index (χ1) is 9.17. The largest absolute Gasteiger partial charge is 0.345 e. The molecule has 0 spiro atoms. The van der Waals surface area contributed by atoms with Gasteiger partial charge in [0.1, 0.15) is 0 Å². The molecule has 1 heterocycles. The van der Waals surface area contributed by atoms with Gasteiger partial charge in [-0.2, -0.15) is 0 Å². The van der Waals surface area contributed by atoms with Crippen LogP contribution in [-0.4, -0.2) is 53.9 Å². The van der Waals surface area contributed by atoms with Crippen LogP contribution in [0.5, 0.6) is 0 Å². The summed E-state index contributed by atoms with van der Waals surface area (Å²) in [6.07, 6.45) is 5.07. The number of amides is 1. The molecule has 1 rings (SSSR count). The predicted molar refractivity (Wildman–Crippen MR) is 78.0 cm³/mol. The fourth-order valence-corrected chi connectivity index (χ4v) is 1.96. The first-order valence-corrected chi connectivity index (χ1v) is 7.02. The van der Waals surface area contributed by atoms with Crippen molar-refractivity contribution in [3.63, 3.8) is 0 Å². The normalized spacial score (nSPS) is 10.7. The quantitative estimate of drug-likeness (QED) is 0.718. The number of hydrogen-bond donors (Lipinski definition) is 0. The highest BCUT2D eigenvalue weighted by Crippen LogP contribution is 2.01. The van der Waals surface area contributed by atoms with Crippen molar-refractivity contribution in [3.05, 3.63) is 30.1 Å². The summed E-state index contributed by atoms with van der Waals surface area (Å²) in [5.41, 5.74) is 1.22. The minimum absolute atomic E-state index is 0.223. The molecule has 0 fully saturated rings. The van der Waals surface area contributed by atoms with Gasteiger partial charge in [-0.3, -0.25) is 9.78 Å². The Balaban J connectivity index is 2.29. The number of pyridine rings is 1. The number of hydrogen-bond acceptors (Lipinski definition) is 3. The van der Waals surface area contributed by atoms with Gasteiger partial charge in [0.15, 0.2) is 0 Å². The summed E-state index contributed by atoms with van der Waals surface area (Å²) in [6.45, 7) is 7.88. The highest BCUT2D eigenvalue weighted by atomic mass is 16.2. The molecule has 0 saturated heterocycles. The van der Waals surface area contributed by atoms with E-state index in [0.29, 0.717) is 6.42 Å². The molecule has 0 N–H and O–H groups in total. The van der Waals surface area contributed by atoms with Crippen LogP contribution in [0, 0.1) is 0 Å². The number of aromatic nitrogens is 1. The zero-order chi connectivity index (χ0) is 14.1. The Morgan fingerprint density at radius 1 is 1.16 bits per heavy atom. The highest BCUT2D eigenvalue weighted by Gasteiger charge is 2.10. The lowest BCUT2D eigenvalue weighted by atomic mass is 10.2. The van der Waals surface area contributed by atoms with Crippen molar-refractivity contribution in [2.45, 2.75) is 26.7 Å². The maximum atomic E-state index is 12.0. The molecular formula is C15H25N3O. The minimum Gasteiger partial charge on any atom is -0.345 e. The molecule has 0 aromatic carbocycles. The Morgan fingerprint density at radius 3 is 2.37 bits per heavy atom. The van der Waals surface area contributed by atoms with E-state index < -0.39 is 0 Å². The number of rotatable bonds is 8. The monoisotopic (exact) mass is 263 g/mol. The zero-order valence-electron chi connectivity index (χ0n) is 12.3. The summed E-state index contributed by atoms with van der Waals surface area (Å²) >= 11 is 0.